The van der Waals surface area contributed by atoms with E-state index in [1.807, 2.05) is 12.1 Å². The van der Waals surface area contributed by atoms with Crippen molar-refractivity contribution in [1.29, 1.82) is 0 Å². The second-order valence-corrected chi connectivity index (χ2v) is 7.40. The number of methoxy groups -OCH3 is 1. The highest BCUT2D eigenvalue weighted by molar-refractivity contribution is 7.21. The fraction of sp³-hybridized carbons (Fsp3) is 0.250. The number of thiophene rings is 1. The normalized spacial score (nSPS) is 12.7. The van der Waals surface area contributed by atoms with Gasteiger partial charge in [-0.3, -0.25) is 4.79 Å². The molecule has 7 heteroatoms. The van der Waals surface area contributed by atoms with E-state index >= 15 is 0 Å². The van der Waals surface area contributed by atoms with Gasteiger partial charge in [0, 0.05) is 42.4 Å². The molecule has 4 nitrogen and oxygen atoms in total. The van der Waals surface area contributed by atoms with Crippen molar-refractivity contribution in [3.63, 3.8) is 0 Å². The maximum atomic E-state index is 14.2. The van der Waals surface area contributed by atoms with E-state index in [1.165, 1.54) is 28.5 Å². The number of hydrogen-bond acceptors (Lipinski definition) is 4. The molecule has 27 heavy (non-hydrogen) atoms. The van der Waals surface area contributed by atoms with Crippen molar-refractivity contribution in [3.8, 4) is 0 Å². The van der Waals surface area contributed by atoms with Gasteiger partial charge in [0.15, 0.2) is 0 Å². The van der Waals surface area contributed by atoms with Crippen LogP contribution in [0.15, 0.2) is 36.4 Å². The maximum Gasteiger partial charge on any atom is 0.262 e. The van der Waals surface area contributed by atoms with E-state index in [4.69, 9.17) is 4.74 Å². The largest absolute Gasteiger partial charge is 0.380 e. The van der Waals surface area contributed by atoms with Gasteiger partial charge in [0.05, 0.1) is 11.5 Å². The number of nitrogens with one attached hydrogen (secondary N) is 2. The summed E-state index contributed by atoms with van der Waals surface area (Å²) in [5.74, 6) is -0.521. The third-order valence-electron chi connectivity index (χ3n) is 4.61. The first kappa shape index (κ1) is 19.8. The van der Waals surface area contributed by atoms with E-state index in [9.17, 15) is 9.18 Å². The van der Waals surface area contributed by atoms with Gasteiger partial charge in [-0.05, 0) is 28.8 Å². The number of rotatable bonds is 5. The van der Waals surface area contributed by atoms with Gasteiger partial charge >= 0.3 is 0 Å². The highest BCUT2D eigenvalue weighted by Gasteiger charge is 2.20. The highest BCUT2D eigenvalue weighted by atomic mass is 35.5. The molecular formula is C20H20ClFN2O2S. The van der Waals surface area contributed by atoms with Crippen LogP contribution in [0.3, 0.4) is 0 Å². The Morgan fingerprint density at radius 2 is 2.07 bits per heavy atom. The first-order chi connectivity index (χ1) is 12.7. The summed E-state index contributed by atoms with van der Waals surface area (Å²) >= 11 is 1.30. The summed E-state index contributed by atoms with van der Waals surface area (Å²) in [6, 6.07) is 11.1. The molecule has 0 atom stereocenters. The molecule has 142 valence electrons. The van der Waals surface area contributed by atoms with Gasteiger partial charge in [-0.25, -0.2) is 4.39 Å². The first-order valence-corrected chi connectivity index (χ1v) is 9.27. The molecule has 3 aromatic rings. The van der Waals surface area contributed by atoms with E-state index in [0.29, 0.717) is 22.4 Å². The van der Waals surface area contributed by atoms with Crippen LogP contribution in [0, 0.1) is 5.82 Å². The van der Waals surface area contributed by atoms with Crippen LogP contribution in [0.1, 0.15) is 31.9 Å². The number of carbonyl (C=O) groups excluding carboxylic acids is 1. The lowest BCUT2D eigenvalue weighted by atomic mass is 10.1. The molecule has 2 N–H and O–H groups in total. The minimum absolute atomic E-state index is 0. The Labute approximate surface area is 167 Å². The third-order valence-corrected chi connectivity index (χ3v) is 5.81. The molecule has 0 unspecified atom stereocenters. The number of amides is 1. The molecule has 1 amide bonds. The summed E-state index contributed by atoms with van der Waals surface area (Å²) in [6.07, 6.45) is 0. The summed E-state index contributed by atoms with van der Waals surface area (Å²) in [6.45, 7) is 2.41. The number of hydrogen-bond donors (Lipinski definition) is 2. The predicted molar refractivity (Wildman–Crippen MR) is 108 cm³/mol. The van der Waals surface area contributed by atoms with Gasteiger partial charge in [0.2, 0.25) is 0 Å². The zero-order chi connectivity index (χ0) is 18.1. The van der Waals surface area contributed by atoms with Crippen molar-refractivity contribution in [2.45, 2.75) is 26.2 Å². The summed E-state index contributed by atoms with van der Waals surface area (Å²) in [5, 5.41) is 6.75. The smallest absolute Gasteiger partial charge is 0.262 e. The second-order valence-electron chi connectivity index (χ2n) is 6.35. The number of benzene rings is 2. The molecule has 1 aliphatic heterocycles. The lowest BCUT2D eigenvalue weighted by Crippen LogP contribution is -2.23. The Kier molecular flexibility index (Phi) is 6.11. The van der Waals surface area contributed by atoms with E-state index in [1.54, 1.807) is 13.2 Å². The topological polar surface area (TPSA) is 50.4 Å². The van der Waals surface area contributed by atoms with Gasteiger partial charge < -0.3 is 15.4 Å². The van der Waals surface area contributed by atoms with E-state index < -0.39 is 0 Å². The lowest BCUT2D eigenvalue weighted by Gasteiger charge is -2.08. The number of carbonyl (C=O) groups is 1. The van der Waals surface area contributed by atoms with Crippen molar-refractivity contribution in [3.05, 3.63) is 69.3 Å². The maximum absolute atomic E-state index is 14.2. The minimum atomic E-state index is -0.323. The molecular weight excluding hydrogens is 387 g/mol. The zero-order valence-electron chi connectivity index (χ0n) is 14.8. The molecule has 0 bridgehead atoms. The molecule has 0 radical (unpaired) electrons. The van der Waals surface area contributed by atoms with Crippen molar-refractivity contribution in [2.24, 2.45) is 0 Å². The zero-order valence-corrected chi connectivity index (χ0v) is 16.4. The fourth-order valence-corrected chi connectivity index (χ4v) is 4.49. The van der Waals surface area contributed by atoms with Crippen LogP contribution in [0.2, 0.25) is 0 Å². The van der Waals surface area contributed by atoms with Crippen LogP contribution in [-0.4, -0.2) is 13.0 Å². The van der Waals surface area contributed by atoms with Crippen molar-refractivity contribution >= 4 is 39.7 Å². The molecule has 4 rings (SSSR count). The predicted octanol–water partition coefficient (Wildman–Crippen LogP) is 4.14. The molecule has 2 heterocycles. The number of ether oxygens (including phenoxy) is 1. The molecule has 1 aromatic heterocycles. The van der Waals surface area contributed by atoms with Crippen LogP contribution >= 0.6 is 23.7 Å². The van der Waals surface area contributed by atoms with E-state index in [-0.39, 0.29) is 30.7 Å². The van der Waals surface area contributed by atoms with Gasteiger partial charge in [0.25, 0.3) is 5.91 Å². The molecule has 0 spiro atoms. The Morgan fingerprint density at radius 1 is 1.26 bits per heavy atom. The number of fused-ring (bicyclic) bond motifs is 2. The summed E-state index contributed by atoms with van der Waals surface area (Å²) in [4.78, 5) is 13.2. The summed E-state index contributed by atoms with van der Waals surface area (Å²) in [5.41, 5.74) is 4.26. The SMILES string of the molecule is COCc1c(C(=O)NCc2ccc3c(c2)CNC3)sc2cccc(F)c12.Cl. The third kappa shape index (κ3) is 3.84. The van der Waals surface area contributed by atoms with Crippen molar-refractivity contribution < 1.29 is 13.9 Å². The molecule has 2 aromatic carbocycles. The Morgan fingerprint density at radius 3 is 2.89 bits per heavy atom. The quantitative estimate of drug-likeness (QED) is 0.669. The van der Waals surface area contributed by atoms with E-state index in [0.717, 1.165) is 23.4 Å². The van der Waals surface area contributed by atoms with Crippen molar-refractivity contribution in [1.82, 2.24) is 10.6 Å². The Hall–Kier alpha value is -1.99. The Balaban J connectivity index is 0.00000210. The molecule has 0 saturated carbocycles. The lowest BCUT2D eigenvalue weighted by molar-refractivity contribution is 0.0950. The monoisotopic (exact) mass is 406 g/mol. The average molecular weight is 407 g/mol. The van der Waals surface area contributed by atoms with E-state index in [2.05, 4.69) is 22.8 Å². The van der Waals surface area contributed by atoms with Crippen molar-refractivity contribution in [2.75, 3.05) is 7.11 Å². The highest BCUT2D eigenvalue weighted by Crippen LogP contribution is 2.33. The molecule has 0 aliphatic carbocycles. The van der Waals surface area contributed by atoms with Gasteiger partial charge in [-0.15, -0.1) is 23.7 Å². The standard InChI is InChI=1S/C20H19FN2O2S.ClH/c1-25-11-15-18-16(21)3-2-4-17(18)26-19(15)20(24)23-8-12-5-6-13-9-22-10-14(13)7-12;/h2-7,22H,8-11H2,1H3,(H,23,24);1H. The Bertz CT molecular complexity index is 990. The van der Waals surface area contributed by atoms with Crippen LogP contribution in [0.4, 0.5) is 4.39 Å². The molecule has 0 fully saturated rings. The van der Waals surface area contributed by atoms with Gasteiger partial charge in [0.1, 0.15) is 5.82 Å². The first-order valence-electron chi connectivity index (χ1n) is 8.46. The van der Waals surface area contributed by atoms with Crippen LogP contribution in [-0.2, 0) is 31.0 Å². The van der Waals surface area contributed by atoms with Crippen LogP contribution < -0.4 is 10.6 Å². The van der Waals surface area contributed by atoms with Gasteiger partial charge in [-0.2, -0.15) is 0 Å². The summed E-state index contributed by atoms with van der Waals surface area (Å²) in [7, 11) is 1.55. The molecule has 0 saturated heterocycles. The van der Waals surface area contributed by atoms with Crippen LogP contribution in [0.5, 0.6) is 0 Å². The minimum Gasteiger partial charge on any atom is -0.380 e. The van der Waals surface area contributed by atoms with Gasteiger partial charge in [-0.1, -0.05) is 24.3 Å². The number of halogens is 2. The second kappa shape index (κ2) is 8.35. The van der Waals surface area contributed by atoms with Crippen LogP contribution in [0.25, 0.3) is 10.1 Å². The molecule has 1 aliphatic rings. The average Bonchev–Trinajstić information content (AvgIpc) is 3.25. The fourth-order valence-electron chi connectivity index (χ4n) is 3.35. The summed E-state index contributed by atoms with van der Waals surface area (Å²) < 4.78 is 20.2.